The minimum atomic E-state index is -0.593. The number of halogens is 3. The predicted molar refractivity (Wildman–Crippen MR) is 127 cm³/mol. The molecule has 0 aromatic heterocycles. The molecule has 0 bridgehead atoms. The number of carbonyl (C=O) groups excluding carboxylic acids is 1. The summed E-state index contributed by atoms with van der Waals surface area (Å²) in [5, 5.41) is 12.9. The molecule has 0 saturated heterocycles. The molecule has 5 nitrogen and oxygen atoms in total. The van der Waals surface area contributed by atoms with Crippen molar-refractivity contribution in [2.75, 3.05) is 12.4 Å². The quantitative estimate of drug-likeness (QED) is 0.303. The lowest BCUT2D eigenvalue weighted by Gasteiger charge is -2.14. The van der Waals surface area contributed by atoms with Gasteiger partial charge >= 0.3 is 0 Å². The van der Waals surface area contributed by atoms with Crippen LogP contribution in [0.25, 0.3) is 6.08 Å². The van der Waals surface area contributed by atoms with Crippen molar-refractivity contribution in [1.29, 1.82) is 5.26 Å². The van der Waals surface area contributed by atoms with Gasteiger partial charge < -0.3 is 14.8 Å². The van der Waals surface area contributed by atoms with E-state index >= 15 is 0 Å². The van der Waals surface area contributed by atoms with Crippen molar-refractivity contribution >= 4 is 40.9 Å². The minimum Gasteiger partial charge on any atom is -0.493 e. The molecule has 0 aliphatic carbocycles. The summed E-state index contributed by atoms with van der Waals surface area (Å²) < 4.78 is 24.5. The van der Waals surface area contributed by atoms with E-state index in [0.29, 0.717) is 27.6 Å². The smallest absolute Gasteiger partial charge is 0.266 e. The van der Waals surface area contributed by atoms with Gasteiger partial charge in [-0.2, -0.15) is 5.26 Å². The fourth-order valence-corrected chi connectivity index (χ4v) is 3.43. The lowest BCUT2D eigenvalue weighted by molar-refractivity contribution is -0.112. The summed E-state index contributed by atoms with van der Waals surface area (Å²) in [6, 6.07) is 16.1. The standard InChI is InChI=1S/C25H19Cl2FN2O3/c1-15-6-7-19(26)12-22(15)30-25(31)18(13-29)8-17-10-21(27)24(23(11-17)32-2)33-14-16-4-3-5-20(28)9-16/h3-12H,14H2,1-2H3,(H,30,31)/b18-8+. The van der Waals surface area contributed by atoms with Gasteiger partial charge in [-0.25, -0.2) is 4.39 Å². The van der Waals surface area contributed by atoms with Gasteiger partial charge in [-0.15, -0.1) is 0 Å². The number of nitrogens with zero attached hydrogens (tertiary/aromatic N) is 1. The number of rotatable bonds is 7. The van der Waals surface area contributed by atoms with Crippen LogP contribution < -0.4 is 14.8 Å². The zero-order chi connectivity index (χ0) is 24.0. The molecule has 168 valence electrons. The first kappa shape index (κ1) is 24.1. The molecule has 0 aliphatic heterocycles. The van der Waals surface area contributed by atoms with Gasteiger partial charge in [-0.05, 0) is 66.1 Å². The number of nitriles is 1. The molecule has 3 rings (SSSR count). The van der Waals surface area contributed by atoms with E-state index in [1.165, 1.54) is 25.3 Å². The molecular formula is C25H19Cl2FN2O3. The highest BCUT2D eigenvalue weighted by Crippen LogP contribution is 2.37. The van der Waals surface area contributed by atoms with Gasteiger partial charge in [0.1, 0.15) is 24.1 Å². The van der Waals surface area contributed by atoms with Crippen molar-refractivity contribution < 1.29 is 18.7 Å². The van der Waals surface area contributed by atoms with Crippen molar-refractivity contribution in [3.8, 4) is 17.6 Å². The van der Waals surface area contributed by atoms with Crippen LogP contribution in [0.4, 0.5) is 10.1 Å². The Morgan fingerprint density at radius 3 is 2.67 bits per heavy atom. The fraction of sp³-hybridized carbons (Fsp3) is 0.120. The topological polar surface area (TPSA) is 71.3 Å². The summed E-state index contributed by atoms with van der Waals surface area (Å²) in [6.07, 6.45) is 1.39. The Morgan fingerprint density at radius 1 is 1.18 bits per heavy atom. The fourth-order valence-electron chi connectivity index (χ4n) is 2.98. The van der Waals surface area contributed by atoms with Gasteiger partial charge in [0, 0.05) is 10.7 Å². The van der Waals surface area contributed by atoms with Gasteiger partial charge in [-0.3, -0.25) is 4.79 Å². The first-order valence-electron chi connectivity index (χ1n) is 9.74. The molecule has 1 amide bonds. The first-order chi connectivity index (χ1) is 15.8. The van der Waals surface area contributed by atoms with E-state index in [0.717, 1.165) is 5.56 Å². The number of anilines is 1. The summed E-state index contributed by atoms with van der Waals surface area (Å²) in [7, 11) is 1.44. The van der Waals surface area contributed by atoms with Crippen molar-refractivity contribution in [3.05, 3.63) is 92.7 Å². The lowest BCUT2D eigenvalue weighted by Crippen LogP contribution is -2.14. The largest absolute Gasteiger partial charge is 0.493 e. The third-order valence-corrected chi connectivity index (χ3v) is 5.16. The van der Waals surface area contributed by atoms with Crippen LogP contribution >= 0.6 is 23.2 Å². The molecule has 0 fully saturated rings. The van der Waals surface area contributed by atoms with Gasteiger partial charge in [0.2, 0.25) is 0 Å². The van der Waals surface area contributed by atoms with Crippen LogP contribution in [-0.4, -0.2) is 13.0 Å². The highest BCUT2D eigenvalue weighted by atomic mass is 35.5. The summed E-state index contributed by atoms with van der Waals surface area (Å²) >= 11 is 12.4. The van der Waals surface area contributed by atoms with E-state index in [-0.39, 0.29) is 28.8 Å². The predicted octanol–water partition coefficient (Wildman–Crippen LogP) is 6.57. The van der Waals surface area contributed by atoms with E-state index in [1.54, 1.807) is 42.5 Å². The van der Waals surface area contributed by atoms with Gasteiger partial charge in [0.25, 0.3) is 5.91 Å². The van der Waals surface area contributed by atoms with Crippen molar-refractivity contribution in [3.63, 3.8) is 0 Å². The minimum absolute atomic E-state index is 0.0772. The Bertz CT molecular complexity index is 1270. The molecule has 0 heterocycles. The molecule has 0 unspecified atom stereocenters. The van der Waals surface area contributed by atoms with Crippen LogP contribution in [-0.2, 0) is 11.4 Å². The molecule has 0 aliphatic rings. The summed E-state index contributed by atoms with van der Waals surface area (Å²) in [5.74, 6) is -0.402. The highest BCUT2D eigenvalue weighted by molar-refractivity contribution is 6.32. The summed E-state index contributed by atoms with van der Waals surface area (Å²) in [6.45, 7) is 1.89. The Hall–Kier alpha value is -3.53. The van der Waals surface area contributed by atoms with Crippen LogP contribution in [0.2, 0.25) is 10.0 Å². The van der Waals surface area contributed by atoms with E-state index < -0.39 is 5.91 Å². The molecule has 0 radical (unpaired) electrons. The number of hydrogen-bond acceptors (Lipinski definition) is 4. The molecule has 33 heavy (non-hydrogen) atoms. The first-order valence-corrected chi connectivity index (χ1v) is 10.5. The second-order valence-electron chi connectivity index (χ2n) is 7.04. The number of aryl methyl sites for hydroxylation is 1. The molecular weight excluding hydrogens is 466 g/mol. The van der Waals surface area contributed by atoms with E-state index in [1.807, 2.05) is 13.0 Å². The van der Waals surface area contributed by atoms with Crippen LogP contribution in [0.15, 0.2) is 60.2 Å². The number of ether oxygens (including phenoxy) is 2. The Kier molecular flexibility index (Phi) is 7.94. The second-order valence-corrected chi connectivity index (χ2v) is 7.88. The average molecular weight is 485 g/mol. The van der Waals surface area contributed by atoms with Crippen molar-refractivity contribution in [2.24, 2.45) is 0 Å². The van der Waals surface area contributed by atoms with Crippen LogP contribution in [0.5, 0.6) is 11.5 Å². The Balaban J connectivity index is 1.84. The van der Waals surface area contributed by atoms with Crippen molar-refractivity contribution in [2.45, 2.75) is 13.5 Å². The van der Waals surface area contributed by atoms with Crippen LogP contribution in [0.3, 0.4) is 0 Å². The normalized spacial score (nSPS) is 11.0. The maximum atomic E-state index is 13.4. The van der Waals surface area contributed by atoms with Crippen molar-refractivity contribution in [1.82, 2.24) is 0 Å². The highest BCUT2D eigenvalue weighted by Gasteiger charge is 2.15. The van der Waals surface area contributed by atoms with Gasteiger partial charge in [0.05, 0.1) is 12.1 Å². The zero-order valence-corrected chi connectivity index (χ0v) is 19.3. The number of nitrogens with one attached hydrogen (secondary N) is 1. The molecule has 1 N–H and O–H groups in total. The Morgan fingerprint density at radius 2 is 1.97 bits per heavy atom. The number of hydrogen-bond donors (Lipinski definition) is 1. The number of methoxy groups -OCH3 is 1. The molecule has 0 saturated carbocycles. The lowest BCUT2D eigenvalue weighted by atomic mass is 10.1. The number of amides is 1. The van der Waals surface area contributed by atoms with Gasteiger partial charge in [0.15, 0.2) is 11.5 Å². The molecule has 0 spiro atoms. The average Bonchev–Trinajstić information content (AvgIpc) is 2.78. The second kappa shape index (κ2) is 10.9. The molecule has 3 aromatic carbocycles. The van der Waals surface area contributed by atoms with E-state index in [9.17, 15) is 14.4 Å². The van der Waals surface area contributed by atoms with Crippen LogP contribution in [0, 0.1) is 24.1 Å². The monoisotopic (exact) mass is 484 g/mol. The SMILES string of the molecule is COc1cc(/C=C(\C#N)C(=O)Nc2cc(Cl)ccc2C)cc(Cl)c1OCc1cccc(F)c1. The van der Waals surface area contributed by atoms with Crippen LogP contribution in [0.1, 0.15) is 16.7 Å². The number of benzene rings is 3. The van der Waals surface area contributed by atoms with Gasteiger partial charge in [-0.1, -0.05) is 41.4 Å². The maximum absolute atomic E-state index is 13.4. The van der Waals surface area contributed by atoms with E-state index in [4.69, 9.17) is 32.7 Å². The number of carbonyl (C=O) groups is 1. The molecule has 3 aromatic rings. The Labute approximate surface area is 201 Å². The third kappa shape index (κ3) is 6.26. The summed E-state index contributed by atoms with van der Waals surface area (Å²) in [4.78, 5) is 12.6. The zero-order valence-electron chi connectivity index (χ0n) is 17.8. The van der Waals surface area contributed by atoms with E-state index in [2.05, 4.69) is 5.32 Å². The molecule has 0 atom stereocenters. The third-order valence-electron chi connectivity index (χ3n) is 4.65. The molecule has 8 heteroatoms. The maximum Gasteiger partial charge on any atom is 0.266 e. The summed E-state index contributed by atoms with van der Waals surface area (Å²) in [5.41, 5.74) is 2.25.